The number of unbranched alkanes of at least 4 members (excludes halogenated alkanes) is 2. The van der Waals surface area contributed by atoms with Crippen molar-refractivity contribution in [3.8, 4) is 50.3 Å². The van der Waals surface area contributed by atoms with Gasteiger partial charge in [-0.25, -0.2) is 0 Å². The monoisotopic (exact) mass is 1160 g/mol. The molecule has 9 aromatic rings. The van der Waals surface area contributed by atoms with Crippen LogP contribution in [0.5, 0.6) is 5.75 Å². The second-order valence-electron chi connectivity index (χ2n) is 24.1. The first-order chi connectivity index (χ1) is 42.8. The second-order valence-corrected chi connectivity index (χ2v) is 24.1. The van der Waals surface area contributed by atoms with Gasteiger partial charge in [-0.1, -0.05) is 162 Å². The van der Waals surface area contributed by atoms with E-state index in [2.05, 4.69) is 250 Å². The third-order valence-electron chi connectivity index (χ3n) is 17.7. The van der Waals surface area contributed by atoms with Crippen molar-refractivity contribution in [2.45, 2.75) is 92.3 Å². The fourth-order valence-corrected chi connectivity index (χ4v) is 11.7. The Morgan fingerprint density at radius 1 is 0.356 bits per heavy atom. The van der Waals surface area contributed by atoms with Crippen LogP contribution in [0.3, 0.4) is 0 Å². The SMILES string of the molecule is CCCCc1ccc(N(c2ccc(-c3ccc(COCC4(CC)COC4)cc3)cc2)c2ccc(-c3cc(OCCOC)cc(-c4ccc(N(c5ccc(CCCC)cc5)c5ccc(-c6ccc(COCC7(CC)COC7)cc6)cc5)cc4)c3)cc2)cc1. The Morgan fingerprint density at radius 2 is 0.655 bits per heavy atom. The molecule has 2 aliphatic heterocycles. The van der Waals surface area contributed by atoms with Crippen molar-refractivity contribution < 1.29 is 28.4 Å². The van der Waals surface area contributed by atoms with Gasteiger partial charge in [-0.2, -0.15) is 0 Å². The Hall–Kier alpha value is -7.82. The zero-order valence-corrected chi connectivity index (χ0v) is 51.8. The number of anilines is 6. The molecule has 2 fully saturated rings. The zero-order chi connectivity index (χ0) is 59.8. The Labute approximate surface area is 517 Å². The van der Waals surface area contributed by atoms with E-state index in [1.165, 1.54) is 70.2 Å². The molecule has 2 heterocycles. The summed E-state index contributed by atoms with van der Waals surface area (Å²) in [6.45, 7) is 15.7. The molecule has 2 saturated heterocycles. The second kappa shape index (κ2) is 29.2. The molecular weight excluding hydrogens is 1070 g/mol. The molecular formula is C79H86N2O6. The van der Waals surface area contributed by atoms with Gasteiger partial charge in [-0.3, -0.25) is 0 Å². The maximum Gasteiger partial charge on any atom is 0.120 e. The first-order valence-corrected chi connectivity index (χ1v) is 31.7. The number of methoxy groups -OCH3 is 1. The van der Waals surface area contributed by atoms with Crippen LogP contribution in [0.25, 0.3) is 44.5 Å². The highest BCUT2D eigenvalue weighted by atomic mass is 16.5. The Balaban J connectivity index is 0.842. The summed E-state index contributed by atoms with van der Waals surface area (Å²) in [5.74, 6) is 0.794. The smallest absolute Gasteiger partial charge is 0.120 e. The van der Waals surface area contributed by atoms with Gasteiger partial charge in [0.05, 0.1) is 59.5 Å². The van der Waals surface area contributed by atoms with Crippen molar-refractivity contribution in [2.24, 2.45) is 10.8 Å². The molecule has 11 rings (SSSR count). The van der Waals surface area contributed by atoms with Crippen LogP contribution < -0.4 is 14.5 Å². The largest absolute Gasteiger partial charge is 0.491 e. The van der Waals surface area contributed by atoms with Crippen molar-refractivity contribution in [3.05, 3.63) is 235 Å². The van der Waals surface area contributed by atoms with Crippen LogP contribution in [-0.4, -0.2) is 60.0 Å². The fourth-order valence-electron chi connectivity index (χ4n) is 11.7. The third-order valence-corrected chi connectivity index (χ3v) is 17.7. The third kappa shape index (κ3) is 15.1. The molecule has 0 aliphatic carbocycles. The lowest BCUT2D eigenvalue weighted by Crippen LogP contribution is -2.45. The minimum atomic E-state index is 0.180. The zero-order valence-electron chi connectivity index (χ0n) is 51.8. The lowest BCUT2D eigenvalue weighted by Gasteiger charge is -2.40. The molecule has 0 bridgehead atoms. The molecule has 0 radical (unpaired) electrons. The standard InChI is InChI=1S/C79H86N2O6/c1-6-10-12-59-18-34-71(35-19-59)80(73-38-26-65(27-39-73)63-22-14-61(15-23-63)51-83-53-78(8-3)55-85-56-78)75-42-30-67(31-43-75)69-48-70(50-77(49-69)87-47-46-82-5)68-32-44-76(45-33-68)81(72-36-20-60(21-37-72)13-11-7-2)74-40-28-66(29-41-74)64-24-16-62(17-25-64)52-84-54-79(9-4)57-86-58-79/h14-45,48-50H,6-13,46-47,51-58H2,1-5H3. The number of ether oxygens (including phenoxy) is 6. The highest BCUT2D eigenvalue weighted by Crippen LogP contribution is 2.42. The Kier molecular flexibility index (Phi) is 20.5. The minimum absolute atomic E-state index is 0.180. The van der Waals surface area contributed by atoms with Crippen LogP contribution in [0.15, 0.2) is 212 Å². The molecule has 448 valence electrons. The predicted octanol–water partition coefficient (Wildman–Crippen LogP) is 19.9. The first-order valence-electron chi connectivity index (χ1n) is 31.7. The van der Waals surface area contributed by atoms with Crippen LogP contribution >= 0.6 is 0 Å². The normalized spacial score (nSPS) is 14.0. The average molecular weight is 1160 g/mol. The minimum Gasteiger partial charge on any atom is -0.491 e. The van der Waals surface area contributed by atoms with E-state index in [-0.39, 0.29) is 10.8 Å². The van der Waals surface area contributed by atoms with Crippen molar-refractivity contribution in [2.75, 3.05) is 69.8 Å². The van der Waals surface area contributed by atoms with Crippen LogP contribution in [-0.2, 0) is 49.7 Å². The maximum atomic E-state index is 6.40. The summed E-state index contributed by atoms with van der Waals surface area (Å²) < 4.78 is 35.2. The summed E-state index contributed by atoms with van der Waals surface area (Å²) in [6.07, 6.45) is 8.99. The Bertz CT molecular complexity index is 3310. The molecule has 9 aromatic carbocycles. The van der Waals surface area contributed by atoms with Crippen LogP contribution in [0.1, 0.15) is 88.5 Å². The summed E-state index contributed by atoms with van der Waals surface area (Å²) >= 11 is 0. The summed E-state index contributed by atoms with van der Waals surface area (Å²) in [5.41, 5.74) is 21.0. The summed E-state index contributed by atoms with van der Waals surface area (Å²) in [4.78, 5) is 4.71. The van der Waals surface area contributed by atoms with Gasteiger partial charge >= 0.3 is 0 Å². The first kappa shape index (κ1) is 60.9. The summed E-state index contributed by atoms with van der Waals surface area (Å²) in [5, 5.41) is 0. The average Bonchev–Trinajstić information content (AvgIpc) is 2.83. The number of hydrogen-bond donors (Lipinski definition) is 0. The maximum absolute atomic E-state index is 6.40. The molecule has 0 amide bonds. The summed E-state index contributed by atoms with van der Waals surface area (Å²) in [6, 6.07) is 78.1. The van der Waals surface area contributed by atoms with E-state index in [4.69, 9.17) is 28.4 Å². The van der Waals surface area contributed by atoms with Crippen LogP contribution in [0, 0.1) is 10.8 Å². The lowest BCUT2D eigenvalue weighted by molar-refractivity contribution is -0.152. The highest BCUT2D eigenvalue weighted by Gasteiger charge is 2.38. The number of aryl methyl sites for hydroxylation is 2. The molecule has 8 nitrogen and oxygen atoms in total. The van der Waals surface area contributed by atoms with Crippen molar-refractivity contribution in [1.29, 1.82) is 0 Å². The van der Waals surface area contributed by atoms with Gasteiger partial charge in [-0.15, -0.1) is 0 Å². The fraction of sp³-hybridized carbons (Fsp3) is 0.316. The van der Waals surface area contributed by atoms with Crippen LogP contribution in [0.2, 0.25) is 0 Å². The van der Waals surface area contributed by atoms with Gasteiger partial charge in [0.1, 0.15) is 12.4 Å². The number of nitrogens with zero attached hydrogens (tertiary/aromatic N) is 2. The van der Waals surface area contributed by atoms with E-state index in [0.29, 0.717) is 26.4 Å². The van der Waals surface area contributed by atoms with Crippen molar-refractivity contribution in [3.63, 3.8) is 0 Å². The van der Waals surface area contributed by atoms with Crippen molar-refractivity contribution >= 4 is 34.1 Å². The topological polar surface area (TPSA) is 61.9 Å². The van der Waals surface area contributed by atoms with E-state index < -0.39 is 0 Å². The van der Waals surface area contributed by atoms with E-state index in [1.54, 1.807) is 7.11 Å². The van der Waals surface area contributed by atoms with E-state index in [0.717, 1.165) is 127 Å². The van der Waals surface area contributed by atoms with Gasteiger partial charge in [0.2, 0.25) is 0 Å². The molecule has 0 atom stereocenters. The van der Waals surface area contributed by atoms with Gasteiger partial charge in [0.25, 0.3) is 0 Å². The molecule has 0 N–H and O–H groups in total. The molecule has 0 aromatic heterocycles. The number of benzene rings is 9. The predicted molar refractivity (Wildman–Crippen MR) is 359 cm³/mol. The quantitative estimate of drug-likeness (QED) is 0.0413. The summed E-state index contributed by atoms with van der Waals surface area (Å²) in [7, 11) is 1.71. The molecule has 0 spiro atoms. The number of hydrogen-bond acceptors (Lipinski definition) is 8. The van der Waals surface area contributed by atoms with Gasteiger partial charge in [0, 0.05) is 52.1 Å². The van der Waals surface area contributed by atoms with E-state index in [1.807, 2.05) is 0 Å². The van der Waals surface area contributed by atoms with Gasteiger partial charge in [0.15, 0.2) is 0 Å². The number of rotatable bonds is 30. The highest BCUT2D eigenvalue weighted by molar-refractivity contribution is 5.83. The van der Waals surface area contributed by atoms with Crippen molar-refractivity contribution in [1.82, 2.24) is 0 Å². The molecule has 87 heavy (non-hydrogen) atoms. The Morgan fingerprint density at radius 3 is 0.943 bits per heavy atom. The van der Waals surface area contributed by atoms with Gasteiger partial charge < -0.3 is 38.2 Å². The molecule has 0 saturated carbocycles. The molecule has 8 heteroatoms. The lowest BCUT2D eigenvalue weighted by atomic mass is 9.84. The van der Waals surface area contributed by atoms with Crippen LogP contribution in [0.4, 0.5) is 34.1 Å². The van der Waals surface area contributed by atoms with Gasteiger partial charge in [-0.05, 0) is 196 Å². The molecule has 2 aliphatic rings. The van der Waals surface area contributed by atoms with E-state index >= 15 is 0 Å². The molecule has 0 unspecified atom stereocenters. The van der Waals surface area contributed by atoms with E-state index in [9.17, 15) is 0 Å².